The number of H-pyrrole nitrogens is 1. The molecule has 5 heteroatoms. The number of anilines is 1. The average molecular weight is 395 g/mol. The molecule has 2 N–H and O–H groups in total. The minimum absolute atomic E-state index is 0.186. The van der Waals surface area contributed by atoms with Crippen LogP contribution >= 0.6 is 0 Å². The van der Waals surface area contributed by atoms with Gasteiger partial charge in [0.1, 0.15) is 11.5 Å². The Labute approximate surface area is 173 Å². The predicted octanol–water partition coefficient (Wildman–Crippen LogP) is 5.42. The van der Waals surface area contributed by atoms with E-state index in [1.807, 2.05) is 48.5 Å². The summed E-state index contributed by atoms with van der Waals surface area (Å²) in [4.78, 5) is 14.8. The molecule has 3 aromatic carbocycles. The number of rotatable bonds is 5. The van der Waals surface area contributed by atoms with Crippen LogP contribution in [-0.4, -0.2) is 9.55 Å². The van der Waals surface area contributed by atoms with Crippen molar-refractivity contribution in [3.63, 3.8) is 0 Å². The van der Waals surface area contributed by atoms with Crippen LogP contribution in [0.15, 0.2) is 89.9 Å². The second kappa shape index (κ2) is 7.44. The summed E-state index contributed by atoms with van der Waals surface area (Å²) in [5.41, 5.74) is 3.95. The van der Waals surface area contributed by atoms with Crippen LogP contribution in [0.1, 0.15) is 5.56 Å². The number of nitrogens with one attached hydrogen (secondary N) is 2. The number of pyridine rings is 1. The smallest absolute Gasteiger partial charge is 0.252 e. The van der Waals surface area contributed by atoms with E-state index in [2.05, 4.69) is 52.4 Å². The van der Waals surface area contributed by atoms with Crippen LogP contribution in [0.4, 0.5) is 5.69 Å². The molecule has 0 spiro atoms. The fourth-order valence-electron chi connectivity index (χ4n) is 3.70. The summed E-state index contributed by atoms with van der Waals surface area (Å²) >= 11 is 0. The minimum Gasteiger partial charge on any atom is -0.456 e. The van der Waals surface area contributed by atoms with Crippen molar-refractivity contribution in [1.29, 1.82) is 0 Å². The minimum atomic E-state index is -0.186. The fourth-order valence-corrected chi connectivity index (χ4v) is 3.70. The number of hydrogen-bond donors (Lipinski definition) is 2. The molecule has 2 heterocycles. The van der Waals surface area contributed by atoms with Gasteiger partial charge in [-0.05, 0) is 53.4 Å². The van der Waals surface area contributed by atoms with Gasteiger partial charge in [0.05, 0.1) is 5.52 Å². The number of aromatic nitrogens is 2. The van der Waals surface area contributed by atoms with Gasteiger partial charge in [-0.3, -0.25) is 4.79 Å². The lowest BCUT2D eigenvalue weighted by Gasteiger charge is -2.11. The molecule has 0 aliphatic heterocycles. The Bertz CT molecular complexity index is 1420. The zero-order valence-electron chi connectivity index (χ0n) is 16.6. The Hall–Kier alpha value is -3.99. The van der Waals surface area contributed by atoms with E-state index in [4.69, 9.17) is 4.74 Å². The van der Waals surface area contributed by atoms with Gasteiger partial charge in [-0.1, -0.05) is 24.3 Å². The van der Waals surface area contributed by atoms with Crippen molar-refractivity contribution in [1.82, 2.24) is 9.55 Å². The number of para-hydroxylation sites is 1. The van der Waals surface area contributed by atoms with Crippen LogP contribution in [0.3, 0.4) is 0 Å². The zero-order valence-corrected chi connectivity index (χ0v) is 16.6. The molecule has 5 nitrogen and oxygen atoms in total. The van der Waals surface area contributed by atoms with Crippen molar-refractivity contribution in [2.75, 3.05) is 5.32 Å². The molecule has 148 valence electrons. The Morgan fingerprint density at radius 2 is 1.87 bits per heavy atom. The second-order valence-electron chi connectivity index (χ2n) is 7.35. The number of nitrogens with zero attached hydrogens (tertiary/aromatic N) is 1. The number of hydrogen-bond acceptors (Lipinski definition) is 3. The third kappa shape index (κ3) is 3.53. The van der Waals surface area contributed by atoms with Gasteiger partial charge in [0.25, 0.3) is 5.56 Å². The molecule has 0 fully saturated rings. The van der Waals surface area contributed by atoms with Crippen LogP contribution in [0.25, 0.3) is 21.8 Å². The van der Waals surface area contributed by atoms with Crippen molar-refractivity contribution in [2.24, 2.45) is 7.05 Å². The number of aryl methyl sites for hydroxylation is 1. The maximum atomic E-state index is 12.0. The van der Waals surface area contributed by atoms with Gasteiger partial charge in [0.15, 0.2) is 0 Å². The van der Waals surface area contributed by atoms with Crippen molar-refractivity contribution < 1.29 is 4.74 Å². The van der Waals surface area contributed by atoms with E-state index in [0.717, 1.165) is 16.6 Å². The molecule has 5 rings (SSSR count). The van der Waals surface area contributed by atoms with Gasteiger partial charge >= 0.3 is 0 Å². The lowest BCUT2D eigenvalue weighted by Crippen LogP contribution is -2.04. The summed E-state index contributed by atoms with van der Waals surface area (Å²) in [5, 5.41) is 5.55. The first-order valence-corrected chi connectivity index (χ1v) is 9.83. The summed E-state index contributed by atoms with van der Waals surface area (Å²) in [7, 11) is 2.05. The third-order valence-corrected chi connectivity index (χ3v) is 5.22. The van der Waals surface area contributed by atoms with Crippen LogP contribution in [0.5, 0.6) is 11.5 Å². The SMILES string of the molecule is Cn1ccc2cc(CNc3cccc(Oc4cc(=O)[nH]c5ccccc45)c3)ccc21. The molecule has 0 amide bonds. The second-order valence-corrected chi connectivity index (χ2v) is 7.35. The van der Waals surface area contributed by atoms with E-state index < -0.39 is 0 Å². The van der Waals surface area contributed by atoms with Crippen molar-refractivity contribution in [2.45, 2.75) is 6.54 Å². The first-order chi connectivity index (χ1) is 14.7. The molecule has 0 aliphatic carbocycles. The van der Waals surface area contributed by atoms with Crippen LogP contribution in [0.2, 0.25) is 0 Å². The van der Waals surface area contributed by atoms with Gasteiger partial charge < -0.3 is 19.6 Å². The van der Waals surface area contributed by atoms with Gasteiger partial charge in [-0.15, -0.1) is 0 Å². The molecule has 0 radical (unpaired) electrons. The first kappa shape index (κ1) is 18.1. The summed E-state index contributed by atoms with van der Waals surface area (Å²) in [6, 6.07) is 25.5. The first-order valence-electron chi connectivity index (χ1n) is 9.83. The summed E-state index contributed by atoms with van der Waals surface area (Å²) < 4.78 is 8.18. The molecule has 0 saturated heterocycles. The van der Waals surface area contributed by atoms with Crippen molar-refractivity contribution in [3.05, 3.63) is 101 Å². The fraction of sp³-hybridized carbons (Fsp3) is 0.0800. The normalized spacial score (nSPS) is 11.1. The molecule has 0 unspecified atom stereocenters. The summed E-state index contributed by atoms with van der Waals surface area (Å²) in [6.45, 7) is 0.711. The summed E-state index contributed by atoms with van der Waals surface area (Å²) in [6.07, 6.45) is 2.07. The Balaban J connectivity index is 1.36. The number of fused-ring (bicyclic) bond motifs is 2. The molecule has 0 aliphatic rings. The Morgan fingerprint density at radius 1 is 0.967 bits per heavy atom. The monoisotopic (exact) mass is 395 g/mol. The van der Waals surface area contributed by atoms with E-state index in [0.29, 0.717) is 18.0 Å². The topological polar surface area (TPSA) is 59.1 Å². The van der Waals surface area contributed by atoms with E-state index >= 15 is 0 Å². The standard InChI is InChI=1S/C25H21N3O2/c1-28-12-11-18-13-17(9-10-23(18)28)16-26-19-5-4-6-20(14-19)30-24-15-25(29)27-22-8-3-2-7-21(22)24/h2-15,26H,16H2,1H3,(H,27,29). The highest BCUT2D eigenvalue weighted by molar-refractivity contribution is 5.85. The maximum absolute atomic E-state index is 12.0. The van der Waals surface area contributed by atoms with Crippen LogP contribution < -0.4 is 15.6 Å². The van der Waals surface area contributed by atoms with E-state index in [9.17, 15) is 4.79 Å². The highest BCUT2D eigenvalue weighted by atomic mass is 16.5. The lowest BCUT2D eigenvalue weighted by atomic mass is 10.1. The highest BCUT2D eigenvalue weighted by Crippen LogP contribution is 2.29. The number of aromatic amines is 1. The average Bonchev–Trinajstić information content (AvgIpc) is 3.12. The largest absolute Gasteiger partial charge is 0.456 e. The molecular formula is C25H21N3O2. The number of ether oxygens (including phenoxy) is 1. The summed E-state index contributed by atoms with van der Waals surface area (Å²) in [5.74, 6) is 1.22. The van der Waals surface area contributed by atoms with Gasteiger partial charge in [0.2, 0.25) is 0 Å². The molecular weight excluding hydrogens is 374 g/mol. The maximum Gasteiger partial charge on any atom is 0.252 e. The molecule has 0 bridgehead atoms. The zero-order chi connectivity index (χ0) is 20.5. The van der Waals surface area contributed by atoms with E-state index in [-0.39, 0.29) is 5.56 Å². The van der Waals surface area contributed by atoms with Crippen LogP contribution in [0, 0.1) is 0 Å². The molecule has 5 aromatic rings. The predicted molar refractivity (Wildman–Crippen MR) is 121 cm³/mol. The van der Waals surface area contributed by atoms with Gasteiger partial charge in [-0.2, -0.15) is 0 Å². The number of benzene rings is 3. The molecule has 0 atom stereocenters. The quantitative estimate of drug-likeness (QED) is 0.417. The van der Waals surface area contributed by atoms with Crippen molar-refractivity contribution in [3.8, 4) is 11.5 Å². The van der Waals surface area contributed by atoms with Crippen LogP contribution in [-0.2, 0) is 13.6 Å². The van der Waals surface area contributed by atoms with Gasteiger partial charge in [-0.25, -0.2) is 0 Å². The highest BCUT2D eigenvalue weighted by Gasteiger charge is 2.07. The Morgan fingerprint density at radius 3 is 2.80 bits per heavy atom. The van der Waals surface area contributed by atoms with E-state index in [1.165, 1.54) is 22.5 Å². The third-order valence-electron chi connectivity index (χ3n) is 5.22. The molecule has 0 saturated carbocycles. The van der Waals surface area contributed by atoms with Gasteiger partial charge in [0, 0.05) is 48.5 Å². The van der Waals surface area contributed by atoms with E-state index in [1.54, 1.807) is 0 Å². The molecule has 2 aromatic heterocycles. The van der Waals surface area contributed by atoms with Crippen molar-refractivity contribution >= 4 is 27.5 Å². The Kier molecular flexibility index (Phi) is 4.48. The molecule has 30 heavy (non-hydrogen) atoms. The lowest BCUT2D eigenvalue weighted by molar-refractivity contribution is 0.487.